The summed E-state index contributed by atoms with van der Waals surface area (Å²) in [7, 11) is -3.95. The van der Waals surface area contributed by atoms with Gasteiger partial charge in [-0.05, 0) is 38.0 Å². The molecule has 1 aromatic carbocycles. The number of rotatable bonds is 6. The summed E-state index contributed by atoms with van der Waals surface area (Å²) in [5.41, 5.74) is 5.35. The van der Waals surface area contributed by atoms with Crippen molar-refractivity contribution in [3.05, 3.63) is 24.0 Å². The lowest BCUT2D eigenvalue weighted by molar-refractivity contribution is -0.121. The normalized spacial score (nSPS) is 13.2. The van der Waals surface area contributed by atoms with Gasteiger partial charge in [-0.2, -0.15) is 0 Å². The molecule has 0 radical (unpaired) electrons. The summed E-state index contributed by atoms with van der Waals surface area (Å²) in [6.45, 7) is 5.12. The predicted molar refractivity (Wildman–Crippen MR) is 80.0 cm³/mol. The Balaban J connectivity index is 3.04. The van der Waals surface area contributed by atoms with Crippen LogP contribution >= 0.6 is 0 Å². The summed E-state index contributed by atoms with van der Waals surface area (Å²) in [6.07, 6.45) is 1.43. The van der Waals surface area contributed by atoms with Crippen LogP contribution in [0, 0.1) is 5.82 Å². The Bertz CT molecular complexity index is 613. The highest BCUT2D eigenvalue weighted by molar-refractivity contribution is 7.93. The first-order valence-electron chi connectivity index (χ1n) is 6.83. The standard InChI is InChI=1S/C14H21FN2O3S/c1-4-11(5-2)17-14(18)9(3)21(19,20)13-7-6-10(15)8-12(13)16/h6-9,11H,4-5,16H2,1-3H3,(H,17,18). The molecular weight excluding hydrogens is 295 g/mol. The van der Waals surface area contributed by atoms with E-state index in [-0.39, 0.29) is 16.6 Å². The molecular formula is C14H21FN2O3S. The van der Waals surface area contributed by atoms with Gasteiger partial charge in [0.1, 0.15) is 11.1 Å². The molecule has 0 fully saturated rings. The van der Waals surface area contributed by atoms with E-state index in [1.165, 1.54) is 6.92 Å². The van der Waals surface area contributed by atoms with E-state index in [1.54, 1.807) is 0 Å². The van der Waals surface area contributed by atoms with Crippen molar-refractivity contribution in [2.24, 2.45) is 0 Å². The zero-order chi connectivity index (χ0) is 16.2. The number of hydrogen-bond acceptors (Lipinski definition) is 4. The quantitative estimate of drug-likeness (QED) is 0.619. The number of halogens is 1. The van der Waals surface area contributed by atoms with Gasteiger partial charge in [-0.3, -0.25) is 4.79 Å². The van der Waals surface area contributed by atoms with Crippen molar-refractivity contribution < 1.29 is 17.6 Å². The highest BCUT2D eigenvalue weighted by atomic mass is 32.2. The molecule has 1 aromatic rings. The van der Waals surface area contributed by atoms with E-state index in [9.17, 15) is 17.6 Å². The molecule has 1 rings (SSSR count). The zero-order valence-corrected chi connectivity index (χ0v) is 13.2. The fourth-order valence-electron chi connectivity index (χ4n) is 1.92. The van der Waals surface area contributed by atoms with E-state index in [0.29, 0.717) is 12.8 Å². The van der Waals surface area contributed by atoms with Crippen LogP contribution in [-0.4, -0.2) is 25.6 Å². The summed E-state index contributed by atoms with van der Waals surface area (Å²) in [5.74, 6) is -1.20. The molecule has 5 nitrogen and oxygen atoms in total. The van der Waals surface area contributed by atoms with Gasteiger partial charge in [0, 0.05) is 6.04 Å². The molecule has 118 valence electrons. The third-order valence-corrected chi connectivity index (χ3v) is 5.57. The van der Waals surface area contributed by atoms with Gasteiger partial charge >= 0.3 is 0 Å². The summed E-state index contributed by atoms with van der Waals surface area (Å²) in [4.78, 5) is 11.8. The minimum Gasteiger partial charge on any atom is -0.398 e. The summed E-state index contributed by atoms with van der Waals surface area (Å²) in [5, 5.41) is 1.40. The van der Waals surface area contributed by atoms with E-state index in [0.717, 1.165) is 18.2 Å². The molecule has 0 aromatic heterocycles. The van der Waals surface area contributed by atoms with Crippen LogP contribution < -0.4 is 11.1 Å². The molecule has 0 aliphatic rings. The molecule has 0 bridgehead atoms. The Morgan fingerprint density at radius 2 is 1.90 bits per heavy atom. The first kappa shape index (κ1) is 17.4. The van der Waals surface area contributed by atoms with Crippen LogP contribution in [0.4, 0.5) is 10.1 Å². The number of sulfone groups is 1. The van der Waals surface area contributed by atoms with Crippen molar-refractivity contribution in [1.82, 2.24) is 5.32 Å². The molecule has 0 spiro atoms. The lowest BCUT2D eigenvalue weighted by Gasteiger charge is -2.19. The molecule has 0 saturated heterocycles. The second kappa shape index (κ2) is 6.89. The maximum atomic E-state index is 13.0. The van der Waals surface area contributed by atoms with Gasteiger partial charge in [-0.15, -0.1) is 0 Å². The number of anilines is 1. The average Bonchev–Trinajstić information content (AvgIpc) is 2.43. The molecule has 3 N–H and O–H groups in total. The Morgan fingerprint density at radius 1 is 1.33 bits per heavy atom. The topological polar surface area (TPSA) is 89.3 Å². The molecule has 0 aliphatic heterocycles. The third kappa shape index (κ3) is 3.93. The van der Waals surface area contributed by atoms with Crippen LogP contribution in [0.5, 0.6) is 0 Å². The lowest BCUT2D eigenvalue weighted by atomic mass is 10.2. The number of hydrogen-bond donors (Lipinski definition) is 2. The zero-order valence-electron chi connectivity index (χ0n) is 12.4. The van der Waals surface area contributed by atoms with Crippen molar-refractivity contribution in [1.29, 1.82) is 0 Å². The fraction of sp³-hybridized carbons (Fsp3) is 0.500. The Labute approximate surface area is 124 Å². The lowest BCUT2D eigenvalue weighted by Crippen LogP contribution is -2.43. The Kier molecular flexibility index (Phi) is 5.71. The second-order valence-corrected chi connectivity index (χ2v) is 7.13. The van der Waals surface area contributed by atoms with Crippen LogP contribution in [0.1, 0.15) is 33.6 Å². The summed E-state index contributed by atoms with van der Waals surface area (Å²) in [6, 6.07) is 2.95. The minimum atomic E-state index is -3.95. The maximum Gasteiger partial charge on any atom is 0.238 e. The van der Waals surface area contributed by atoms with E-state index in [1.807, 2.05) is 13.8 Å². The van der Waals surface area contributed by atoms with Crippen LogP contribution in [0.25, 0.3) is 0 Å². The van der Waals surface area contributed by atoms with Crippen LogP contribution in [0.2, 0.25) is 0 Å². The van der Waals surface area contributed by atoms with Crippen LogP contribution in [-0.2, 0) is 14.6 Å². The number of amides is 1. The highest BCUT2D eigenvalue weighted by Crippen LogP contribution is 2.23. The first-order chi connectivity index (χ1) is 9.73. The largest absolute Gasteiger partial charge is 0.398 e. The van der Waals surface area contributed by atoms with Crippen molar-refractivity contribution >= 4 is 21.4 Å². The third-order valence-electron chi connectivity index (χ3n) is 3.45. The van der Waals surface area contributed by atoms with Crippen LogP contribution in [0.3, 0.4) is 0 Å². The van der Waals surface area contributed by atoms with Crippen molar-refractivity contribution in [3.63, 3.8) is 0 Å². The SMILES string of the molecule is CCC(CC)NC(=O)C(C)S(=O)(=O)c1ccc(F)cc1N. The van der Waals surface area contributed by atoms with Crippen molar-refractivity contribution in [2.45, 2.75) is 49.8 Å². The molecule has 0 aliphatic carbocycles. The molecule has 1 amide bonds. The molecule has 0 heterocycles. The van der Waals surface area contributed by atoms with Gasteiger partial charge in [-0.1, -0.05) is 13.8 Å². The number of nitrogens with one attached hydrogen (secondary N) is 1. The maximum absolute atomic E-state index is 13.0. The molecule has 1 atom stereocenters. The van der Waals surface area contributed by atoms with E-state index >= 15 is 0 Å². The number of nitrogens with two attached hydrogens (primary N) is 1. The Morgan fingerprint density at radius 3 is 2.38 bits per heavy atom. The molecule has 0 saturated carbocycles. The second-order valence-electron chi connectivity index (χ2n) is 4.89. The number of benzene rings is 1. The predicted octanol–water partition coefficient (Wildman–Crippen LogP) is 1.87. The van der Waals surface area contributed by atoms with Gasteiger partial charge < -0.3 is 11.1 Å². The fourth-order valence-corrected chi connectivity index (χ4v) is 3.30. The van der Waals surface area contributed by atoms with E-state index < -0.39 is 26.8 Å². The van der Waals surface area contributed by atoms with E-state index in [2.05, 4.69) is 5.32 Å². The van der Waals surface area contributed by atoms with Crippen LogP contribution in [0.15, 0.2) is 23.1 Å². The minimum absolute atomic E-state index is 0.0688. The highest BCUT2D eigenvalue weighted by Gasteiger charge is 2.32. The first-order valence-corrected chi connectivity index (χ1v) is 8.37. The van der Waals surface area contributed by atoms with Gasteiger partial charge in [0.05, 0.1) is 10.6 Å². The van der Waals surface area contributed by atoms with Gasteiger partial charge in [0.25, 0.3) is 0 Å². The molecule has 21 heavy (non-hydrogen) atoms. The van der Waals surface area contributed by atoms with Gasteiger partial charge in [0.15, 0.2) is 9.84 Å². The summed E-state index contributed by atoms with van der Waals surface area (Å²) >= 11 is 0. The number of carbonyl (C=O) groups is 1. The van der Waals surface area contributed by atoms with Gasteiger partial charge in [-0.25, -0.2) is 12.8 Å². The van der Waals surface area contributed by atoms with E-state index in [4.69, 9.17) is 5.73 Å². The Hall–Kier alpha value is -1.63. The number of nitrogen functional groups attached to an aromatic ring is 1. The smallest absolute Gasteiger partial charge is 0.238 e. The molecule has 7 heteroatoms. The van der Waals surface area contributed by atoms with Crippen molar-refractivity contribution in [2.75, 3.05) is 5.73 Å². The van der Waals surface area contributed by atoms with Crippen molar-refractivity contribution in [3.8, 4) is 0 Å². The van der Waals surface area contributed by atoms with Gasteiger partial charge in [0.2, 0.25) is 5.91 Å². The average molecular weight is 316 g/mol. The summed E-state index contributed by atoms with van der Waals surface area (Å²) < 4.78 is 37.8. The molecule has 1 unspecified atom stereocenters. The number of carbonyl (C=O) groups excluding carboxylic acids is 1. The monoisotopic (exact) mass is 316 g/mol.